The quantitative estimate of drug-likeness (QED) is 0.768. The van der Waals surface area contributed by atoms with Crippen LogP contribution in [0.1, 0.15) is 28.8 Å². The van der Waals surface area contributed by atoms with Gasteiger partial charge in [0.1, 0.15) is 18.1 Å². The Kier molecular flexibility index (Phi) is 3.34. The Labute approximate surface area is 132 Å². The van der Waals surface area contributed by atoms with Gasteiger partial charge in [0.25, 0.3) is 5.91 Å². The van der Waals surface area contributed by atoms with Gasteiger partial charge < -0.3 is 14.6 Å². The van der Waals surface area contributed by atoms with Gasteiger partial charge in [-0.3, -0.25) is 9.89 Å². The molecule has 3 heterocycles. The van der Waals surface area contributed by atoms with Crippen LogP contribution in [0, 0.1) is 0 Å². The number of para-hydroxylation sites is 1. The summed E-state index contributed by atoms with van der Waals surface area (Å²) in [5, 5.41) is 10.8. The van der Waals surface area contributed by atoms with Crippen molar-refractivity contribution in [1.29, 1.82) is 0 Å². The average molecular weight is 311 g/mol. The van der Waals surface area contributed by atoms with E-state index < -0.39 is 0 Å². The highest BCUT2D eigenvalue weighted by Crippen LogP contribution is 2.27. The number of aromatic nitrogens is 4. The number of nitrogens with one attached hydrogen (secondary N) is 2. The summed E-state index contributed by atoms with van der Waals surface area (Å²) in [5.41, 5.74) is 1.67. The van der Waals surface area contributed by atoms with Gasteiger partial charge in [-0.05, 0) is 18.6 Å². The molecule has 1 saturated heterocycles. The lowest BCUT2D eigenvalue weighted by atomic mass is 10.1. The highest BCUT2D eigenvalue weighted by molar-refractivity contribution is 5.98. The lowest BCUT2D eigenvalue weighted by Gasteiger charge is -2.18. The molecule has 7 heteroatoms. The van der Waals surface area contributed by atoms with Gasteiger partial charge in [0.05, 0.1) is 6.04 Å². The Bertz CT molecular complexity index is 839. The number of amides is 1. The lowest BCUT2D eigenvalue weighted by Crippen LogP contribution is -2.37. The minimum atomic E-state index is -0.281. The molecule has 0 spiro atoms. The van der Waals surface area contributed by atoms with Gasteiger partial charge in [-0.1, -0.05) is 18.2 Å². The van der Waals surface area contributed by atoms with E-state index in [-0.39, 0.29) is 18.1 Å². The van der Waals surface area contributed by atoms with E-state index >= 15 is 0 Å². The molecule has 4 rings (SSSR count). The minimum Gasteiger partial charge on any atom is -0.368 e. The number of rotatable bonds is 3. The molecule has 0 unspecified atom stereocenters. The molecule has 0 bridgehead atoms. The molecule has 0 radical (unpaired) electrons. The fourth-order valence-corrected chi connectivity index (χ4v) is 3.11. The van der Waals surface area contributed by atoms with Gasteiger partial charge in [0.15, 0.2) is 5.82 Å². The second-order valence-electron chi connectivity index (χ2n) is 5.68. The minimum absolute atomic E-state index is 0.108. The van der Waals surface area contributed by atoms with Crippen molar-refractivity contribution in [3.05, 3.63) is 48.2 Å². The van der Waals surface area contributed by atoms with Crippen LogP contribution < -0.4 is 5.32 Å². The predicted molar refractivity (Wildman–Crippen MR) is 83.9 cm³/mol. The standard InChI is InChI=1S/C16H17N5O2/c1-21-12-5-3-2-4-10(12)8-13(21)16(22)19-11-6-7-23-14(11)15-17-9-18-20-15/h2-5,8-9,11,14H,6-7H2,1H3,(H,19,22)(H,17,18,20)/t11-,14+/m0/s1. The molecule has 1 aliphatic heterocycles. The van der Waals surface area contributed by atoms with Crippen LogP contribution in [0.5, 0.6) is 0 Å². The zero-order valence-electron chi connectivity index (χ0n) is 12.7. The Morgan fingerprint density at radius 2 is 2.30 bits per heavy atom. The molecule has 0 saturated carbocycles. The van der Waals surface area contributed by atoms with Crippen LogP contribution in [-0.4, -0.2) is 38.3 Å². The number of H-pyrrole nitrogens is 1. The highest BCUT2D eigenvalue weighted by atomic mass is 16.5. The summed E-state index contributed by atoms with van der Waals surface area (Å²) in [5.74, 6) is 0.536. The number of nitrogens with zero attached hydrogens (tertiary/aromatic N) is 3. The fraction of sp³-hybridized carbons (Fsp3) is 0.312. The van der Waals surface area contributed by atoms with Crippen molar-refractivity contribution in [3.63, 3.8) is 0 Å². The fourth-order valence-electron chi connectivity index (χ4n) is 3.11. The number of carbonyl (C=O) groups excluding carboxylic acids is 1. The molecule has 2 aromatic heterocycles. The van der Waals surface area contributed by atoms with Gasteiger partial charge >= 0.3 is 0 Å². The van der Waals surface area contributed by atoms with Gasteiger partial charge in [-0.25, -0.2) is 4.98 Å². The summed E-state index contributed by atoms with van der Waals surface area (Å²) >= 11 is 0. The molecule has 2 N–H and O–H groups in total. The van der Waals surface area contributed by atoms with Gasteiger partial charge in [0, 0.05) is 24.6 Å². The van der Waals surface area contributed by atoms with Crippen molar-refractivity contribution in [2.75, 3.05) is 6.61 Å². The summed E-state index contributed by atoms with van der Waals surface area (Å²) in [4.78, 5) is 16.8. The molecule has 3 aromatic rings. The first-order valence-corrected chi connectivity index (χ1v) is 7.56. The van der Waals surface area contributed by atoms with Crippen LogP contribution in [0.3, 0.4) is 0 Å². The number of hydrogen-bond acceptors (Lipinski definition) is 4. The van der Waals surface area contributed by atoms with E-state index in [1.165, 1.54) is 6.33 Å². The first-order valence-electron chi connectivity index (χ1n) is 7.56. The van der Waals surface area contributed by atoms with Gasteiger partial charge in [-0.15, -0.1) is 0 Å². The van der Waals surface area contributed by atoms with Crippen molar-refractivity contribution >= 4 is 16.8 Å². The highest BCUT2D eigenvalue weighted by Gasteiger charge is 2.33. The van der Waals surface area contributed by atoms with Crippen molar-refractivity contribution in [2.45, 2.75) is 18.6 Å². The van der Waals surface area contributed by atoms with E-state index in [4.69, 9.17) is 4.74 Å². The SMILES string of the molecule is Cn1c(C(=O)N[C@H]2CCO[C@H]2c2ncn[nH]2)cc2ccccc21. The first-order chi connectivity index (χ1) is 11.2. The molecule has 7 nitrogen and oxygen atoms in total. The van der Waals surface area contributed by atoms with E-state index in [0.717, 1.165) is 17.3 Å². The second kappa shape index (κ2) is 5.51. The molecule has 1 aliphatic rings. The zero-order valence-corrected chi connectivity index (χ0v) is 12.7. The third-order valence-electron chi connectivity index (χ3n) is 4.30. The van der Waals surface area contributed by atoms with Crippen LogP contribution >= 0.6 is 0 Å². The summed E-state index contributed by atoms with van der Waals surface area (Å²) in [6.07, 6.45) is 1.91. The zero-order chi connectivity index (χ0) is 15.8. The predicted octanol–water partition coefficient (Wildman–Crippen LogP) is 1.56. The molecular weight excluding hydrogens is 294 g/mol. The van der Waals surface area contributed by atoms with Crippen molar-refractivity contribution in [2.24, 2.45) is 7.05 Å². The summed E-state index contributed by atoms with van der Waals surface area (Å²) in [6, 6.07) is 9.73. The Morgan fingerprint density at radius 3 is 3.09 bits per heavy atom. The number of fused-ring (bicyclic) bond motifs is 1. The normalized spacial score (nSPS) is 20.9. The Morgan fingerprint density at radius 1 is 1.43 bits per heavy atom. The monoisotopic (exact) mass is 311 g/mol. The van der Waals surface area contributed by atoms with Crippen LogP contribution in [0.15, 0.2) is 36.7 Å². The Hall–Kier alpha value is -2.67. The number of hydrogen-bond donors (Lipinski definition) is 2. The summed E-state index contributed by atoms with van der Waals surface area (Å²) < 4.78 is 7.59. The third-order valence-corrected chi connectivity index (χ3v) is 4.30. The van der Waals surface area contributed by atoms with Crippen LogP contribution in [0.25, 0.3) is 10.9 Å². The number of carbonyl (C=O) groups is 1. The molecule has 1 aromatic carbocycles. The van der Waals surface area contributed by atoms with Crippen LogP contribution in [0.2, 0.25) is 0 Å². The largest absolute Gasteiger partial charge is 0.368 e. The van der Waals surface area contributed by atoms with E-state index in [1.54, 1.807) is 0 Å². The number of aromatic amines is 1. The maximum Gasteiger partial charge on any atom is 0.268 e. The van der Waals surface area contributed by atoms with E-state index in [9.17, 15) is 4.79 Å². The smallest absolute Gasteiger partial charge is 0.268 e. The summed E-state index contributed by atoms with van der Waals surface area (Å²) in [7, 11) is 1.90. The molecule has 0 aliphatic carbocycles. The maximum atomic E-state index is 12.7. The third kappa shape index (κ3) is 2.39. The van der Waals surface area contributed by atoms with E-state index in [2.05, 4.69) is 20.5 Å². The van der Waals surface area contributed by atoms with Crippen LogP contribution in [-0.2, 0) is 11.8 Å². The molecule has 23 heavy (non-hydrogen) atoms. The van der Waals surface area contributed by atoms with Crippen molar-refractivity contribution < 1.29 is 9.53 Å². The lowest BCUT2D eigenvalue weighted by molar-refractivity contribution is 0.0787. The topological polar surface area (TPSA) is 84.8 Å². The average Bonchev–Trinajstić information content (AvgIpc) is 3.27. The second-order valence-corrected chi connectivity index (χ2v) is 5.68. The summed E-state index contributed by atoms with van der Waals surface area (Å²) in [6.45, 7) is 0.589. The maximum absolute atomic E-state index is 12.7. The van der Waals surface area contributed by atoms with Gasteiger partial charge in [-0.2, -0.15) is 5.10 Å². The van der Waals surface area contributed by atoms with E-state index in [0.29, 0.717) is 18.1 Å². The van der Waals surface area contributed by atoms with Gasteiger partial charge in [0.2, 0.25) is 0 Å². The van der Waals surface area contributed by atoms with Crippen molar-refractivity contribution in [1.82, 2.24) is 25.1 Å². The molecular formula is C16H17N5O2. The Balaban J connectivity index is 1.58. The van der Waals surface area contributed by atoms with E-state index in [1.807, 2.05) is 41.9 Å². The molecule has 1 fully saturated rings. The molecule has 1 amide bonds. The number of aryl methyl sites for hydroxylation is 1. The number of benzene rings is 1. The molecule has 118 valence electrons. The number of ether oxygens (including phenoxy) is 1. The van der Waals surface area contributed by atoms with Crippen molar-refractivity contribution in [3.8, 4) is 0 Å². The van der Waals surface area contributed by atoms with Crippen LogP contribution in [0.4, 0.5) is 0 Å². The molecule has 2 atom stereocenters. The first kappa shape index (κ1) is 14.0.